The molecule has 0 bridgehead atoms. The monoisotopic (exact) mass is 530 g/mol. The lowest BCUT2D eigenvalue weighted by Crippen LogP contribution is -2.39. The molecule has 0 radical (unpaired) electrons. The molecule has 3 N–H and O–H groups in total. The summed E-state index contributed by atoms with van der Waals surface area (Å²) in [5, 5.41) is 6.61. The van der Waals surface area contributed by atoms with Crippen molar-refractivity contribution in [3.63, 3.8) is 0 Å². The smallest absolute Gasteiger partial charge is 0.240 e. The zero-order valence-electron chi connectivity index (χ0n) is 17.4. The van der Waals surface area contributed by atoms with Gasteiger partial charge in [-0.15, -0.1) is 24.0 Å². The normalized spacial score (nSPS) is 12.8. The Kier molecular flexibility index (Phi) is 10.6. The van der Waals surface area contributed by atoms with Gasteiger partial charge in [-0.05, 0) is 50.1 Å². The standard InChI is InChI=1S/C21H30N4O2S.HI/c1-5-23-21(24-14-17(3)19-10-6-8-16(2)12-19)25-15-18-9-7-11-20(13-18)28(26,27)22-4;/h6-13,17,22H,5,14-15H2,1-4H3,(H2,23,24,25);1H. The average Bonchev–Trinajstić information content (AvgIpc) is 2.70. The van der Waals surface area contributed by atoms with Gasteiger partial charge in [-0.3, -0.25) is 0 Å². The SMILES string of the molecule is CCNC(=NCc1cccc(S(=O)(=O)NC)c1)NCC(C)c1cccc(C)c1.I. The first-order chi connectivity index (χ1) is 13.4. The first kappa shape index (κ1) is 25.4. The van der Waals surface area contributed by atoms with E-state index in [4.69, 9.17) is 0 Å². The number of hydrogen-bond donors (Lipinski definition) is 3. The van der Waals surface area contributed by atoms with Gasteiger partial charge in [-0.2, -0.15) is 0 Å². The minimum atomic E-state index is -3.45. The summed E-state index contributed by atoms with van der Waals surface area (Å²) in [7, 11) is -2.05. The molecule has 8 heteroatoms. The van der Waals surface area contributed by atoms with Crippen LogP contribution >= 0.6 is 24.0 Å². The molecule has 0 heterocycles. The Labute approximate surface area is 191 Å². The molecule has 0 saturated carbocycles. The Bertz CT molecular complexity index is 916. The minimum Gasteiger partial charge on any atom is -0.357 e. The van der Waals surface area contributed by atoms with Crippen LogP contribution < -0.4 is 15.4 Å². The maximum atomic E-state index is 12.0. The number of rotatable bonds is 8. The number of halogens is 1. The molecule has 160 valence electrons. The highest BCUT2D eigenvalue weighted by atomic mass is 127. The third-order valence-electron chi connectivity index (χ3n) is 4.43. The molecule has 0 fully saturated rings. The van der Waals surface area contributed by atoms with E-state index in [-0.39, 0.29) is 28.9 Å². The molecule has 0 aliphatic carbocycles. The maximum Gasteiger partial charge on any atom is 0.240 e. The van der Waals surface area contributed by atoms with Crippen molar-refractivity contribution in [1.29, 1.82) is 0 Å². The van der Waals surface area contributed by atoms with Crippen LogP contribution in [0.3, 0.4) is 0 Å². The first-order valence-electron chi connectivity index (χ1n) is 9.47. The number of hydrogen-bond acceptors (Lipinski definition) is 3. The molecule has 0 aliphatic rings. The number of nitrogens with zero attached hydrogens (tertiary/aromatic N) is 1. The van der Waals surface area contributed by atoms with E-state index < -0.39 is 10.0 Å². The van der Waals surface area contributed by atoms with Crippen molar-refractivity contribution in [3.8, 4) is 0 Å². The molecular formula is C21H31IN4O2S. The van der Waals surface area contributed by atoms with Crippen LogP contribution in [0.2, 0.25) is 0 Å². The summed E-state index contributed by atoms with van der Waals surface area (Å²) < 4.78 is 26.3. The van der Waals surface area contributed by atoms with Gasteiger partial charge in [-0.1, -0.05) is 48.9 Å². The summed E-state index contributed by atoms with van der Waals surface area (Å²) in [5.41, 5.74) is 3.37. The fourth-order valence-electron chi connectivity index (χ4n) is 2.79. The number of sulfonamides is 1. The van der Waals surface area contributed by atoms with Gasteiger partial charge in [0.05, 0.1) is 11.4 Å². The van der Waals surface area contributed by atoms with Gasteiger partial charge in [0.25, 0.3) is 0 Å². The number of guanidine groups is 1. The van der Waals surface area contributed by atoms with E-state index in [2.05, 4.69) is 58.5 Å². The Balaban J connectivity index is 0.00000420. The van der Waals surface area contributed by atoms with Crippen molar-refractivity contribution in [1.82, 2.24) is 15.4 Å². The zero-order valence-corrected chi connectivity index (χ0v) is 20.5. The van der Waals surface area contributed by atoms with Gasteiger partial charge >= 0.3 is 0 Å². The van der Waals surface area contributed by atoms with E-state index in [1.807, 2.05) is 13.0 Å². The average molecular weight is 530 g/mol. The van der Waals surface area contributed by atoms with Gasteiger partial charge in [0, 0.05) is 13.1 Å². The molecule has 0 spiro atoms. The van der Waals surface area contributed by atoms with Crippen molar-refractivity contribution >= 4 is 40.0 Å². The lowest BCUT2D eigenvalue weighted by molar-refractivity contribution is 0.588. The van der Waals surface area contributed by atoms with Crippen LogP contribution in [0.25, 0.3) is 0 Å². The lowest BCUT2D eigenvalue weighted by Gasteiger charge is -2.16. The molecule has 2 rings (SSSR count). The Morgan fingerprint density at radius 3 is 2.48 bits per heavy atom. The van der Waals surface area contributed by atoms with Gasteiger partial charge in [0.2, 0.25) is 10.0 Å². The summed E-state index contributed by atoms with van der Waals surface area (Å²) in [5.74, 6) is 1.05. The third-order valence-corrected chi connectivity index (χ3v) is 5.84. The summed E-state index contributed by atoms with van der Waals surface area (Å²) in [6.07, 6.45) is 0. The summed E-state index contributed by atoms with van der Waals surface area (Å²) in [6, 6.07) is 15.3. The number of nitrogens with one attached hydrogen (secondary N) is 3. The first-order valence-corrected chi connectivity index (χ1v) is 10.9. The highest BCUT2D eigenvalue weighted by Crippen LogP contribution is 2.15. The molecule has 0 amide bonds. The van der Waals surface area contributed by atoms with Crippen LogP contribution in [-0.4, -0.2) is 34.5 Å². The predicted molar refractivity (Wildman–Crippen MR) is 131 cm³/mol. The van der Waals surface area contributed by atoms with E-state index in [1.165, 1.54) is 18.2 Å². The van der Waals surface area contributed by atoms with Crippen LogP contribution in [0.4, 0.5) is 0 Å². The van der Waals surface area contributed by atoms with E-state index in [1.54, 1.807) is 18.2 Å². The van der Waals surface area contributed by atoms with Crippen LogP contribution in [0, 0.1) is 6.92 Å². The van der Waals surface area contributed by atoms with Crippen molar-refractivity contribution in [2.45, 2.75) is 38.1 Å². The largest absolute Gasteiger partial charge is 0.357 e. The molecule has 6 nitrogen and oxygen atoms in total. The van der Waals surface area contributed by atoms with E-state index >= 15 is 0 Å². The maximum absolute atomic E-state index is 12.0. The Hall–Kier alpha value is -1.65. The minimum absolute atomic E-state index is 0. The fraction of sp³-hybridized carbons (Fsp3) is 0.381. The molecule has 2 aromatic carbocycles. The molecule has 1 atom stereocenters. The zero-order chi connectivity index (χ0) is 20.6. The second-order valence-electron chi connectivity index (χ2n) is 6.75. The van der Waals surface area contributed by atoms with Crippen molar-refractivity contribution in [2.75, 3.05) is 20.1 Å². The third kappa shape index (κ3) is 7.94. The highest BCUT2D eigenvalue weighted by molar-refractivity contribution is 14.0. The van der Waals surface area contributed by atoms with Crippen LogP contribution in [0.15, 0.2) is 58.4 Å². The molecule has 0 aromatic heterocycles. The highest BCUT2D eigenvalue weighted by Gasteiger charge is 2.11. The topological polar surface area (TPSA) is 82.6 Å². The van der Waals surface area contributed by atoms with Crippen LogP contribution in [-0.2, 0) is 16.6 Å². The van der Waals surface area contributed by atoms with E-state index in [0.717, 1.165) is 18.7 Å². The van der Waals surface area contributed by atoms with Crippen LogP contribution in [0.5, 0.6) is 0 Å². The molecule has 0 aliphatic heterocycles. The number of aliphatic imine (C=N–C) groups is 1. The van der Waals surface area contributed by atoms with Gasteiger partial charge in [-0.25, -0.2) is 18.1 Å². The number of aryl methyl sites for hydroxylation is 1. The molecule has 29 heavy (non-hydrogen) atoms. The van der Waals surface area contributed by atoms with Gasteiger partial charge in [0.1, 0.15) is 0 Å². The second kappa shape index (κ2) is 12.1. The molecule has 0 saturated heterocycles. The molecule has 2 aromatic rings. The summed E-state index contributed by atoms with van der Waals surface area (Å²) >= 11 is 0. The van der Waals surface area contributed by atoms with Gasteiger partial charge in [0.15, 0.2) is 5.96 Å². The fourth-order valence-corrected chi connectivity index (χ4v) is 3.59. The van der Waals surface area contributed by atoms with Crippen LogP contribution in [0.1, 0.15) is 36.5 Å². The quantitative estimate of drug-likeness (QED) is 0.278. The van der Waals surface area contributed by atoms with Crippen molar-refractivity contribution < 1.29 is 8.42 Å². The van der Waals surface area contributed by atoms with Crippen molar-refractivity contribution in [3.05, 3.63) is 65.2 Å². The van der Waals surface area contributed by atoms with E-state index in [0.29, 0.717) is 18.4 Å². The summed E-state index contributed by atoms with van der Waals surface area (Å²) in [6.45, 7) is 8.18. The Morgan fingerprint density at radius 1 is 1.10 bits per heavy atom. The van der Waals surface area contributed by atoms with Gasteiger partial charge < -0.3 is 10.6 Å². The second-order valence-corrected chi connectivity index (χ2v) is 8.63. The number of benzene rings is 2. The molecule has 1 unspecified atom stereocenters. The lowest BCUT2D eigenvalue weighted by atomic mass is 9.99. The van der Waals surface area contributed by atoms with Crippen molar-refractivity contribution in [2.24, 2.45) is 4.99 Å². The summed E-state index contributed by atoms with van der Waals surface area (Å²) in [4.78, 5) is 4.84. The predicted octanol–water partition coefficient (Wildman–Crippen LogP) is 3.38. The Morgan fingerprint density at radius 2 is 1.83 bits per heavy atom. The van der Waals surface area contributed by atoms with E-state index in [9.17, 15) is 8.42 Å². The molecular weight excluding hydrogens is 499 g/mol.